The third-order valence-corrected chi connectivity index (χ3v) is 1.82. The normalized spacial score (nSPS) is 11.2. The van der Waals surface area contributed by atoms with Gasteiger partial charge >= 0.3 is 0 Å². The van der Waals surface area contributed by atoms with Crippen LogP contribution in [0.25, 0.3) is 10.9 Å². The molecule has 3 nitrogen and oxygen atoms in total. The first-order valence-corrected chi connectivity index (χ1v) is 4.05. The number of rotatable bonds is 1. The van der Waals surface area contributed by atoms with Gasteiger partial charge in [-0.1, -0.05) is 18.2 Å². The van der Waals surface area contributed by atoms with Crippen molar-refractivity contribution in [3.8, 4) is 0 Å². The molecule has 0 bridgehead atoms. The first-order valence-electron chi connectivity index (χ1n) is 4.05. The molecule has 1 heterocycles. The second kappa shape index (κ2) is 3.31. The summed E-state index contributed by atoms with van der Waals surface area (Å²) in [4.78, 5) is 4.25. The number of fused-ring (bicyclic) bond motifs is 1. The van der Waals surface area contributed by atoms with E-state index in [1.165, 1.54) is 0 Å². The Morgan fingerprint density at radius 3 is 2.85 bits per heavy atom. The van der Waals surface area contributed by atoms with Crippen LogP contribution in [0.5, 0.6) is 0 Å². The molecule has 0 aliphatic carbocycles. The Bertz CT molecular complexity index is 443. The van der Waals surface area contributed by atoms with Crippen molar-refractivity contribution in [1.82, 2.24) is 4.98 Å². The van der Waals surface area contributed by atoms with Gasteiger partial charge in [0.2, 0.25) is 0 Å². The van der Waals surface area contributed by atoms with Crippen LogP contribution in [0.1, 0.15) is 0 Å². The van der Waals surface area contributed by atoms with E-state index in [9.17, 15) is 0 Å². The highest BCUT2D eigenvalue weighted by atomic mass is 15.1. The largest absolute Gasteiger partial charge is 0.254 e. The summed E-state index contributed by atoms with van der Waals surface area (Å²) < 4.78 is 0. The van der Waals surface area contributed by atoms with Gasteiger partial charge in [-0.05, 0) is 12.1 Å². The van der Waals surface area contributed by atoms with Gasteiger partial charge in [-0.25, -0.2) is 0 Å². The van der Waals surface area contributed by atoms with Crippen molar-refractivity contribution in [2.45, 2.75) is 0 Å². The van der Waals surface area contributed by atoms with Gasteiger partial charge in [0.25, 0.3) is 0 Å². The molecule has 1 aromatic carbocycles. The standard InChI is InChI=1S/C10H9N3/c1-11-13-9-6-2-4-8-5-3-7-12-10(8)9/h2-7H,1H3. The molecule has 64 valence electrons. The van der Waals surface area contributed by atoms with Gasteiger partial charge in [0.1, 0.15) is 5.69 Å². The summed E-state index contributed by atoms with van der Waals surface area (Å²) in [5, 5.41) is 8.83. The lowest BCUT2D eigenvalue weighted by atomic mass is 10.2. The molecule has 0 N–H and O–H groups in total. The van der Waals surface area contributed by atoms with Crippen LogP contribution >= 0.6 is 0 Å². The van der Waals surface area contributed by atoms with Crippen LogP contribution in [0.2, 0.25) is 0 Å². The number of para-hydroxylation sites is 1. The number of nitrogens with zero attached hydrogens (tertiary/aromatic N) is 3. The zero-order valence-electron chi connectivity index (χ0n) is 7.31. The molecule has 0 spiro atoms. The Balaban J connectivity index is 2.75. The molecule has 2 rings (SSSR count). The summed E-state index contributed by atoms with van der Waals surface area (Å²) >= 11 is 0. The molecule has 0 amide bonds. The van der Waals surface area contributed by atoms with Crippen molar-refractivity contribution >= 4 is 16.6 Å². The zero-order chi connectivity index (χ0) is 9.10. The van der Waals surface area contributed by atoms with Gasteiger partial charge in [-0.3, -0.25) is 4.98 Å². The lowest BCUT2D eigenvalue weighted by molar-refractivity contribution is 1.17. The van der Waals surface area contributed by atoms with Crippen LogP contribution in [0.4, 0.5) is 5.69 Å². The monoisotopic (exact) mass is 171 g/mol. The molecule has 0 saturated carbocycles. The van der Waals surface area contributed by atoms with Crippen LogP contribution in [0.15, 0.2) is 46.8 Å². The average Bonchev–Trinajstić information content (AvgIpc) is 2.19. The minimum absolute atomic E-state index is 0.820. The Hall–Kier alpha value is -1.77. The molecule has 0 unspecified atom stereocenters. The fourth-order valence-electron chi connectivity index (χ4n) is 1.28. The average molecular weight is 171 g/mol. The Morgan fingerprint density at radius 1 is 1.15 bits per heavy atom. The fourth-order valence-corrected chi connectivity index (χ4v) is 1.28. The Kier molecular flexibility index (Phi) is 2.00. The van der Waals surface area contributed by atoms with Crippen LogP contribution in [-0.2, 0) is 0 Å². The van der Waals surface area contributed by atoms with E-state index in [1.807, 2.05) is 30.3 Å². The maximum Gasteiger partial charge on any atom is 0.111 e. The molecule has 0 fully saturated rings. The fraction of sp³-hybridized carbons (Fsp3) is 0.100. The SMILES string of the molecule is CN=Nc1cccc2cccnc12. The van der Waals surface area contributed by atoms with Crippen LogP contribution in [-0.4, -0.2) is 12.0 Å². The van der Waals surface area contributed by atoms with Crippen molar-refractivity contribution in [3.05, 3.63) is 36.5 Å². The number of aromatic nitrogens is 1. The maximum atomic E-state index is 4.25. The zero-order valence-corrected chi connectivity index (χ0v) is 7.31. The molecule has 0 radical (unpaired) electrons. The summed E-state index contributed by atoms with van der Waals surface area (Å²) in [6.07, 6.45) is 1.76. The van der Waals surface area contributed by atoms with Crippen LogP contribution in [0.3, 0.4) is 0 Å². The minimum Gasteiger partial charge on any atom is -0.254 e. The first kappa shape index (κ1) is 7.86. The van der Waals surface area contributed by atoms with E-state index in [4.69, 9.17) is 0 Å². The molecule has 0 saturated heterocycles. The minimum atomic E-state index is 0.820. The summed E-state index contributed by atoms with van der Waals surface area (Å²) in [7, 11) is 1.65. The van der Waals surface area contributed by atoms with E-state index in [1.54, 1.807) is 13.2 Å². The predicted molar refractivity (Wildman–Crippen MR) is 52.2 cm³/mol. The highest BCUT2D eigenvalue weighted by Gasteiger charge is 1.98. The third kappa shape index (κ3) is 1.40. The van der Waals surface area contributed by atoms with Crippen molar-refractivity contribution in [3.63, 3.8) is 0 Å². The summed E-state index contributed by atoms with van der Waals surface area (Å²) in [6, 6.07) is 9.79. The molecule has 0 aliphatic rings. The van der Waals surface area contributed by atoms with Crippen LogP contribution < -0.4 is 0 Å². The molecule has 1 aromatic heterocycles. The molecular formula is C10H9N3. The van der Waals surface area contributed by atoms with Gasteiger partial charge in [-0.2, -0.15) is 10.2 Å². The van der Waals surface area contributed by atoms with E-state index in [0.29, 0.717) is 0 Å². The van der Waals surface area contributed by atoms with E-state index < -0.39 is 0 Å². The summed E-state index contributed by atoms with van der Waals surface area (Å²) in [5.74, 6) is 0. The van der Waals surface area contributed by atoms with E-state index in [0.717, 1.165) is 16.6 Å². The maximum absolute atomic E-state index is 4.25. The first-order chi connectivity index (χ1) is 6.42. The molecule has 0 aliphatic heterocycles. The summed E-state index contributed by atoms with van der Waals surface area (Å²) in [6.45, 7) is 0. The molecule has 3 heteroatoms. The molecule has 2 aromatic rings. The van der Waals surface area contributed by atoms with Crippen molar-refractivity contribution in [1.29, 1.82) is 0 Å². The topological polar surface area (TPSA) is 37.6 Å². The second-order valence-electron chi connectivity index (χ2n) is 2.65. The lowest BCUT2D eigenvalue weighted by Crippen LogP contribution is -1.76. The Labute approximate surface area is 76.1 Å². The molecular weight excluding hydrogens is 162 g/mol. The number of hydrogen-bond acceptors (Lipinski definition) is 3. The predicted octanol–water partition coefficient (Wildman–Crippen LogP) is 2.95. The Morgan fingerprint density at radius 2 is 2.00 bits per heavy atom. The van der Waals surface area contributed by atoms with E-state index in [-0.39, 0.29) is 0 Å². The molecule has 0 atom stereocenters. The van der Waals surface area contributed by atoms with Crippen molar-refractivity contribution in [2.75, 3.05) is 7.05 Å². The summed E-state index contributed by atoms with van der Waals surface area (Å²) in [5.41, 5.74) is 1.72. The van der Waals surface area contributed by atoms with Gasteiger partial charge in [0, 0.05) is 18.6 Å². The second-order valence-corrected chi connectivity index (χ2v) is 2.65. The van der Waals surface area contributed by atoms with Gasteiger partial charge < -0.3 is 0 Å². The van der Waals surface area contributed by atoms with Crippen molar-refractivity contribution < 1.29 is 0 Å². The van der Waals surface area contributed by atoms with Crippen LogP contribution in [0, 0.1) is 0 Å². The number of hydrogen-bond donors (Lipinski definition) is 0. The number of benzene rings is 1. The van der Waals surface area contributed by atoms with Crippen molar-refractivity contribution in [2.24, 2.45) is 10.2 Å². The quantitative estimate of drug-likeness (QED) is 0.608. The van der Waals surface area contributed by atoms with Gasteiger partial charge in [0.05, 0.1) is 5.52 Å². The number of pyridine rings is 1. The van der Waals surface area contributed by atoms with Gasteiger partial charge in [0.15, 0.2) is 0 Å². The highest BCUT2D eigenvalue weighted by Crippen LogP contribution is 2.23. The number of azo groups is 1. The third-order valence-electron chi connectivity index (χ3n) is 1.82. The molecule has 13 heavy (non-hydrogen) atoms. The smallest absolute Gasteiger partial charge is 0.111 e. The van der Waals surface area contributed by atoms with Gasteiger partial charge in [-0.15, -0.1) is 0 Å². The van der Waals surface area contributed by atoms with E-state index in [2.05, 4.69) is 15.2 Å². The highest BCUT2D eigenvalue weighted by molar-refractivity contribution is 5.88. The lowest BCUT2D eigenvalue weighted by Gasteiger charge is -1.97. The van der Waals surface area contributed by atoms with E-state index >= 15 is 0 Å².